The summed E-state index contributed by atoms with van der Waals surface area (Å²) in [7, 11) is 0. The van der Waals surface area contributed by atoms with Crippen molar-refractivity contribution in [3.05, 3.63) is 30.1 Å². The highest BCUT2D eigenvalue weighted by atomic mass is 16.2. The lowest BCUT2D eigenvalue weighted by Gasteiger charge is -2.32. The first-order valence-corrected chi connectivity index (χ1v) is 8.40. The monoisotopic (exact) mass is 330 g/mol. The number of likely N-dealkylation sites (tertiary alicyclic amines) is 1. The molecule has 1 aliphatic carbocycles. The predicted molar refractivity (Wildman–Crippen MR) is 87.0 cm³/mol. The molecule has 7 nitrogen and oxygen atoms in total. The fourth-order valence-corrected chi connectivity index (χ4v) is 2.93. The highest BCUT2D eigenvalue weighted by Crippen LogP contribution is 2.31. The minimum Gasteiger partial charge on any atom is -0.354 e. The Morgan fingerprint density at radius 1 is 1.21 bits per heavy atom. The van der Waals surface area contributed by atoms with Crippen molar-refractivity contribution >= 4 is 17.7 Å². The van der Waals surface area contributed by atoms with Crippen LogP contribution < -0.4 is 10.6 Å². The molecule has 2 aliphatic rings. The summed E-state index contributed by atoms with van der Waals surface area (Å²) in [4.78, 5) is 41.7. The fourth-order valence-electron chi connectivity index (χ4n) is 2.93. The predicted octanol–water partition coefficient (Wildman–Crippen LogP) is 0.329. The largest absolute Gasteiger partial charge is 0.354 e. The van der Waals surface area contributed by atoms with Crippen molar-refractivity contribution in [1.82, 2.24) is 20.5 Å². The molecule has 0 bridgehead atoms. The van der Waals surface area contributed by atoms with Gasteiger partial charge < -0.3 is 15.5 Å². The Bertz CT molecular complexity index is 616. The molecule has 0 spiro atoms. The number of carbonyl (C=O) groups is 3. The minimum atomic E-state index is -0.208. The maximum absolute atomic E-state index is 12.2. The van der Waals surface area contributed by atoms with E-state index < -0.39 is 0 Å². The third kappa shape index (κ3) is 4.10. The zero-order valence-corrected chi connectivity index (χ0v) is 13.5. The zero-order valence-electron chi connectivity index (χ0n) is 13.5. The summed E-state index contributed by atoms with van der Waals surface area (Å²) in [5.74, 6) is -0.216. The lowest BCUT2D eigenvalue weighted by molar-refractivity contribution is -0.138. The van der Waals surface area contributed by atoms with Gasteiger partial charge in [0, 0.05) is 44.5 Å². The average molecular weight is 330 g/mol. The first-order chi connectivity index (χ1) is 11.6. The van der Waals surface area contributed by atoms with Gasteiger partial charge in [0.2, 0.25) is 11.8 Å². The summed E-state index contributed by atoms with van der Waals surface area (Å²) in [5.41, 5.74) is 0.495. The Hall–Kier alpha value is -2.44. The number of hydrogen-bond donors (Lipinski definition) is 2. The molecule has 3 rings (SSSR count). The van der Waals surface area contributed by atoms with Crippen molar-refractivity contribution < 1.29 is 14.4 Å². The highest BCUT2D eigenvalue weighted by Gasteiger charge is 2.38. The van der Waals surface area contributed by atoms with E-state index in [2.05, 4.69) is 15.6 Å². The Morgan fingerprint density at radius 3 is 2.71 bits per heavy atom. The van der Waals surface area contributed by atoms with Crippen LogP contribution in [0.3, 0.4) is 0 Å². The first kappa shape index (κ1) is 16.4. The maximum Gasteiger partial charge on any atom is 0.252 e. The van der Waals surface area contributed by atoms with Crippen LogP contribution in [-0.4, -0.2) is 53.3 Å². The maximum atomic E-state index is 12.2. The third-order valence-corrected chi connectivity index (χ3v) is 4.44. The van der Waals surface area contributed by atoms with Crippen LogP contribution in [0, 0.1) is 5.92 Å². The molecule has 7 heteroatoms. The second-order valence-electron chi connectivity index (χ2n) is 6.30. The summed E-state index contributed by atoms with van der Waals surface area (Å²) >= 11 is 0. The lowest BCUT2D eigenvalue weighted by Crippen LogP contribution is -2.47. The molecule has 1 saturated carbocycles. The Labute approximate surface area is 140 Å². The van der Waals surface area contributed by atoms with E-state index in [9.17, 15) is 14.4 Å². The molecule has 0 radical (unpaired) electrons. The van der Waals surface area contributed by atoms with Gasteiger partial charge in [-0.1, -0.05) is 0 Å². The molecule has 0 unspecified atom stereocenters. The Kier molecular flexibility index (Phi) is 5.08. The van der Waals surface area contributed by atoms with Gasteiger partial charge in [-0.2, -0.15) is 0 Å². The average Bonchev–Trinajstić information content (AvgIpc) is 3.44. The molecule has 2 fully saturated rings. The van der Waals surface area contributed by atoms with E-state index in [0.29, 0.717) is 44.1 Å². The van der Waals surface area contributed by atoms with Crippen LogP contribution in [0.5, 0.6) is 0 Å². The topological polar surface area (TPSA) is 91.4 Å². The van der Waals surface area contributed by atoms with E-state index in [0.717, 1.165) is 12.8 Å². The number of carbonyl (C=O) groups excluding carboxylic acids is 3. The van der Waals surface area contributed by atoms with E-state index in [1.165, 1.54) is 6.20 Å². The van der Waals surface area contributed by atoms with Crippen molar-refractivity contribution in [2.24, 2.45) is 5.92 Å². The van der Waals surface area contributed by atoms with Gasteiger partial charge in [0.25, 0.3) is 5.91 Å². The molecule has 24 heavy (non-hydrogen) atoms. The molecule has 2 heterocycles. The van der Waals surface area contributed by atoms with Gasteiger partial charge in [0.15, 0.2) is 0 Å². The molecule has 1 saturated heterocycles. The SMILES string of the molecule is O=C(NCCNC(=O)[C@@H]1CCC(=O)N(C2CC2)C1)c1cccnc1. The number of amides is 3. The van der Waals surface area contributed by atoms with Gasteiger partial charge in [-0.15, -0.1) is 0 Å². The van der Waals surface area contributed by atoms with Gasteiger partial charge in [0.1, 0.15) is 0 Å². The number of rotatable bonds is 6. The zero-order chi connectivity index (χ0) is 16.9. The van der Waals surface area contributed by atoms with Crippen LogP contribution in [-0.2, 0) is 9.59 Å². The van der Waals surface area contributed by atoms with Crippen LogP contribution in [0.15, 0.2) is 24.5 Å². The number of nitrogens with zero attached hydrogens (tertiary/aromatic N) is 2. The molecule has 0 aromatic carbocycles. The van der Waals surface area contributed by atoms with Gasteiger partial charge in [-0.25, -0.2) is 0 Å². The standard InChI is InChI=1S/C17H22N4O3/c22-15-6-3-13(11-21(15)14-4-5-14)17(24)20-9-8-19-16(23)12-2-1-7-18-10-12/h1-2,7,10,13-14H,3-6,8-9,11H2,(H,19,23)(H,20,24)/t13-/m1/s1. The summed E-state index contributed by atoms with van der Waals surface area (Å²) in [6, 6.07) is 3.74. The van der Waals surface area contributed by atoms with Crippen molar-refractivity contribution in [2.45, 2.75) is 31.7 Å². The van der Waals surface area contributed by atoms with Crippen molar-refractivity contribution in [1.29, 1.82) is 0 Å². The molecule has 3 amide bonds. The number of pyridine rings is 1. The number of piperidine rings is 1. The first-order valence-electron chi connectivity index (χ1n) is 8.40. The molecular formula is C17H22N4O3. The van der Waals surface area contributed by atoms with Gasteiger partial charge in [-0.3, -0.25) is 19.4 Å². The Balaban J connectivity index is 1.38. The van der Waals surface area contributed by atoms with E-state index in [4.69, 9.17) is 0 Å². The summed E-state index contributed by atoms with van der Waals surface area (Å²) in [5, 5.41) is 5.59. The van der Waals surface area contributed by atoms with E-state index in [1.807, 2.05) is 4.90 Å². The molecule has 1 atom stereocenters. The van der Waals surface area contributed by atoms with Crippen LogP contribution >= 0.6 is 0 Å². The van der Waals surface area contributed by atoms with Crippen LogP contribution in [0.25, 0.3) is 0 Å². The summed E-state index contributed by atoms with van der Waals surface area (Å²) < 4.78 is 0. The molecule has 1 aromatic heterocycles. The van der Waals surface area contributed by atoms with Gasteiger partial charge in [0.05, 0.1) is 11.5 Å². The smallest absolute Gasteiger partial charge is 0.252 e. The van der Waals surface area contributed by atoms with Gasteiger partial charge >= 0.3 is 0 Å². The third-order valence-electron chi connectivity index (χ3n) is 4.44. The molecule has 2 N–H and O–H groups in total. The van der Waals surface area contributed by atoms with E-state index in [-0.39, 0.29) is 23.6 Å². The lowest BCUT2D eigenvalue weighted by atomic mass is 9.96. The molecule has 128 valence electrons. The summed E-state index contributed by atoms with van der Waals surface area (Å²) in [6.07, 6.45) is 6.28. The van der Waals surface area contributed by atoms with Crippen molar-refractivity contribution in [3.63, 3.8) is 0 Å². The van der Waals surface area contributed by atoms with Crippen LogP contribution in [0.2, 0.25) is 0 Å². The highest BCUT2D eigenvalue weighted by molar-refractivity contribution is 5.93. The number of hydrogen-bond acceptors (Lipinski definition) is 4. The molecule has 1 aliphatic heterocycles. The fraction of sp³-hybridized carbons (Fsp3) is 0.529. The van der Waals surface area contributed by atoms with Crippen molar-refractivity contribution in [2.75, 3.05) is 19.6 Å². The summed E-state index contributed by atoms with van der Waals surface area (Å²) in [6.45, 7) is 1.26. The van der Waals surface area contributed by atoms with Gasteiger partial charge in [-0.05, 0) is 31.4 Å². The second-order valence-corrected chi connectivity index (χ2v) is 6.30. The van der Waals surface area contributed by atoms with Crippen LogP contribution in [0.1, 0.15) is 36.0 Å². The van der Waals surface area contributed by atoms with Crippen LogP contribution in [0.4, 0.5) is 0 Å². The number of nitrogens with one attached hydrogen (secondary N) is 2. The van der Waals surface area contributed by atoms with E-state index in [1.54, 1.807) is 18.3 Å². The quantitative estimate of drug-likeness (QED) is 0.735. The second kappa shape index (κ2) is 7.42. The van der Waals surface area contributed by atoms with E-state index >= 15 is 0 Å². The van der Waals surface area contributed by atoms with Crippen molar-refractivity contribution in [3.8, 4) is 0 Å². The Morgan fingerprint density at radius 2 is 2.00 bits per heavy atom. The number of aromatic nitrogens is 1. The normalized spacial score (nSPS) is 20.6. The minimum absolute atomic E-state index is 0.0382. The molecule has 1 aromatic rings. The molecular weight excluding hydrogens is 308 g/mol.